The largest absolute Gasteiger partial charge is 0.481 e. The van der Waals surface area contributed by atoms with Crippen molar-refractivity contribution in [1.82, 2.24) is 10.2 Å². The molecule has 8 nitrogen and oxygen atoms in total. The molecular weight excluding hydrogens is 476 g/mol. The van der Waals surface area contributed by atoms with Crippen molar-refractivity contribution in [2.24, 2.45) is 0 Å². The van der Waals surface area contributed by atoms with Gasteiger partial charge in [-0.15, -0.1) is 0 Å². The van der Waals surface area contributed by atoms with Crippen LogP contribution in [0.1, 0.15) is 41.6 Å². The highest BCUT2D eigenvalue weighted by Crippen LogP contribution is 2.33. The molecule has 3 rings (SSSR count). The molecule has 0 spiro atoms. The Morgan fingerprint density at radius 3 is 2.57 bits per heavy atom. The number of halogens is 4. The maximum Gasteiger partial charge on any atom is 0.416 e. The molecule has 1 unspecified atom stereocenters. The van der Waals surface area contributed by atoms with Crippen LogP contribution in [0.3, 0.4) is 0 Å². The van der Waals surface area contributed by atoms with Gasteiger partial charge in [0.15, 0.2) is 5.78 Å². The van der Waals surface area contributed by atoms with Crippen LogP contribution in [0.2, 0.25) is 0 Å². The molecule has 2 heterocycles. The second-order valence-electron chi connectivity index (χ2n) is 8.05. The summed E-state index contributed by atoms with van der Waals surface area (Å²) in [6.07, 6.45) is -2.94. The van der Waals surface area contributed by atoms with Crippen LogP contribution in [0, 0.1) is 0 Å². The molecule has 1 aliphatic rings. The molecule has 1 aromatic carbocycles. The number of nitrogens with zero attached hydrogens (tertiary/aromatic N) is 1. The van der Waals surface area contributed by atoms with Crippen LogP contribution < -0.4 is 5.32 Å². The molecule has 0 aliphatic carbocycles. The van der Waals surface area contributed by atoms with Crippen molar-refractivity contribution in [3.05, 3.63) is 47.7 Å². The highest BCUT2D eigenvalue weighted by Gasteiger charge is 2.36. The van der Waals surface area contributed by atoms with Gasteiger partial charge >= 0.3 is 12.1 Å². The van der Waals surface area contributed by atoms with Gasteiger partial charge in [0.25, 0.3) is 5.91 Å². The second-order valence-corrected chi connectivity index (χ2v) is 8.05. The molecule has 1 aliphatic heterocycles. The number of hydrogen-bond acceptors (Lipinski definition) is 5. The van der Waals surface area contributed by atoms with Crippen LogP contribution in [0.4, 0.5) is 17.6 Å². The van der Waals surface area contributed by atoms with E-state index in [-0.39, 0.29) is 29.9 Å². The van der Waals surface area contributed by atoms with E-state index in [9.17, 15) is 36.7 Å². The lowest BCUT2D eigenvalue weighted by Gasteiger charge is -2.35. The number of likely N-dealkylation sites (tertiary alicyclic amines) is 1. The predicted octanol–water partition coefficient (Wildman–Crippen LogP) is 3.46. The van der Waals surface area contributed by atoms with Gasteiger partial charge in [0, 0.05) is 12.1 Å². The molecule has 0 saturated carbocycles. The van der Waals surface area contributed by atoms with Crippen LogP contribution in [0.15, 0.2) is 41.0 Å². The number of carboxylic acids is 1. The Morgan fingerprint density at radius 1 is 1.17 bits per heavy atom. The van der Waals surface area contributed by atoms with Gasteiger partial charge in [-0.05, 0) is 37.5 Å². The van der Waals surface area contributed by atoms with E-state index >= 15 is 0 Å². The van der Waals surface area contributed by atoms with E-state index in [1.807, 2.05) is 0 Å². The van der Waals surface area contributed by atoms with Crippen LogP contribution in [0.5, 0.6) is 0 Å². The van der Waals surface area contributed by atoms with Gasteiger partial charge in [0.05, 0.1) is 17.5 Å². The van der Waals surface area contributed by atoms with E-state index in [0.29, 0.717) is 12.8 Å². The zero-order valence-electron chi connectivity index (χ0n) is 18.3. The maximum atomic E-state index is 13.1. The standard InChI is InChI=1S/C23H22F4N2O6/c24-11-18(30)16(10-20(31)32)28-21(33)17-6-1-2-7-29(17)22(34)14-9-19(35-12-14)13-4-3-5-15(8-13)23(25,26)27/h3-5,8-9,12,16-17H,1-2,6-7,10-11H2,(H,28,33)(H,31,32)/t16?,17-/m0/s1. The molecule has 12 heteroatoms. The topological polar surface area (TPSA) is 117 Å². The highest BCUT2D eigenvalue weighted by atomic mass is 19.4. The highest BCUT2D eigenvalue weighted by molar-refractivity contribution is 5.99. The van der Waals surface area contributed by atoms with Gasteiger partial charge in [-0.3, -0.25) is 19.2 Å². The van der Waals surface area contributed by atoms with Crippen molar-refractivity contribution in [1.29, 1.82) is 0 Å². The number of carbonyl (C=O) groups is 4. The number of benzene rings is 1. The quantitative estimate of drug-likeness (QED) is 0.539. The summed E-state index contributed by atoms with van der Waals surface area (Å²) in [7, 11) is 0. The summed E-state index contributed by atoms with van der Waals surface area (Å²) in [6, 6.07) is 3.03. The molecule has 2 N–H and O–H groups in total. The Balaban J connectivity index is 1.79. The Hall–Kier alpha value is -3.70. The molecule has 188 valence electrons. The number of ketones is 1. The van der Waals surface area contributed by atoms with Gasteiger partial charge in [-0.1, -0.05) is 12.1 Å². The van der Waals surface area contributed by atoms with E-state index in [1.165, 1.54) is 23.1 Å². The molecule has 0 bridgehead atoms. The molecule has 1 fully saturated rings. The lowest BCUT2D eigenvalue weighted by Crippen LogP contribution is -2.55. The number of aliphatic carboxylic acids is 1. The summed E-state index contributed by atoms with van der Waals surface area (Å²) < 4.78 is 57.1. The first-order valence-corrected chi connectivity index (χ1v) is 10.7. The average Bonchev–Trinajstić information content (AvgIpc) is 3.32. The van der Waals surface area contributed by atoms with Crippen molar-refractivity contribution >= 4 is 23.6 Å². The molecule has 35 heavy (non-hydrogen) atoms. The third kappa shape index (κ3) is 6.25. The Kier molecular flexibility index (Phi) is 7.92. The minimum Gasteiger partial charge on any atom is -0.481 e. The summed E-state index contributed by atoms with van der Waals surface area (Å²) in [4.78, 5) is 49.8. The summed E-state index contributed by atoms with van der Waals surface area (Å²) in [5.41, 5.74) is -0.780. The lowest BCUT2D eigenvalue weighted by atomic mass is 9.99. The van der Waals surface area contributed by atoms with Crippen LogP contribution in [-0.4, -0.2) is 58.9 Å². The molecule has 2 atom stereocenters. The molecule has 2 aromatic rings. The normalized spacial score (nSPS) is 17.0. The fourth-order valence-electron chi connectivity index (χ4n) is 3.84. The van der Waals surface area contributed by atoms with Gasteiger partial charge in [0.2, 0.25) is 5.91 Å². The first-order chi connectivity index (χ1) is 16.5. The van der Waals surface area contributed by atoms with E-state index < -0.39 is 60.5 Å². The molecule has 0 radical (unpaired) electrons. The summed E-state index contributed by atoms with van der Waals surface area (Å²) in [5.74, 6) is -3.91. The number of hydrogen-bond donors (Lipinski definition) is 2. The number of carbonyl (C=O) groups excluding carboxylic acids is 3. The summed E-state index contributed by atoms with van der Waals surface area (Å²) in [6.45, 7) is -1.29. The number of rotatable bonds is 8. The van der Waals surface area contributed by atoms with Gasteiger partial charge in [0.1, 0.15) is 30.8 Å². The van der Waals surface area contributed by atoms with E-state index in [4.69, 9.17) is 9.52 Å². The van der Waals surface area contributed by atoms with Crippen molar-refractivity contribution in [3.8, 4) is 11.3 Å². The lowest BCUT2D eigenvalue weighted by molar-refractivity contribution is -0.141. The SMILES string of the molecule is O=C(O)CC(NC(=O)[C@@H]1CCCCN1C(=O)c1coc(-c2cccc(C(F)(F)F)c2)c1)C(=O)CF. The molecule has 1 aromatic heterocycles. The van der Waals surface area contributed by atoms with Crippen molar-refractivity contribution in [2.75, 3.05) is 13.2 Å². The third-order valence-electron chi connectivity index (χ3n) is 5.60. The van der Waals surface area contributed by atoms with Crippen LogP contribution in [-0.2, 0) is 20.6 Å². The average molecular weight is 498 g/mol. The smallest absolute Gasteiger partial charge is 0.416 e. The summed E-state index contributed by atoms with van der Waals surface area (Å²) in [5, 5.41) is 11.2. The maximum absolute atomic E-state index is 13.1. The Bertz CT molecular complexity index is 1110. The third-order valence-corrected chi connectivity index (χ3v) is 5.60. The first-order valence-electron chi connectivity index (χ1n) is 10.7. The molecular formula is C23H22F4N2O6. The van der Waals surface area contributed by atoms with Crippen LogP contribution >= 0.6 is 0 Å². The van der Waals surface area contributed by atoms with E-state index in [0.717, 1.165) is 18.4 Å². The zero-order chi connectivity index (χ0) is 25.8. The Morgan fingerprint density at radius 2 is 1.91 bits per heavy atom. The number of nitrogens with one attached hydrogen (secondary N) is 1. The van der Waals surface area contributed by atoms with Gasteiger partial charge < -0.3 is 19.7 Å². The van der Waals surface area contributed by atoms with Gasteiger partial charge in [-0.2, -0.15) is 13.2 Å². The van der Waals surface area contributed by atoms with Crippen LogP contribution in [0.25, 0.3) is 11.3 Å². The first kappa shape index (κ1) is 25.9. The fraction of sp³-hybridized carbons (Fsp3) is 0.391. The fourth-order valence-corrected chi connectivity index (χ4v) is 3.84. The van der Waals surface area contributed by atoms with Crippen molar-refractivity contribution < 1.29 is 46.3 Å². The number of piperidine rings is 1. The molecule has 1 saturated heterocycles. The number of amides is 2. The number of Topliss-reactive ketones (excluding diaryl/α,β-unsaturated/α-hetero) is 1. The monoisotopic (exact) mass is 498 g/mol. The second kappa shape index (κ2) is 10.7. The number of alkyl halides is 4. The Labute approximate surface area is 196 Å². The van der Waals surface area contributed by atoms with E-state index in [2.05, 4.69) is 5.32 Å². The van der Waals surface area contributed by atoms with E-state index in [1.54, 1.807) is 0 Å². The molecule has 2 amide bonds. The van der Waals surface area contributed by atoms with Gasteiger partial charge in [-0.25, -0.2) is 4.39 Å². The number of furan rings is 1. The minimum atomic E-state index is -4.56. The van der Waals surface area contributed by atoms with Crippen molar-refractivity contribution in [2.45, 2.75) is 43.9 Å². The number of carboxylic acid groups (broad SMARTS) is 1. The van der Waals surface area contributed by atoms with Crippen molar-refractivity contribution in [3.63, 3.8) is 0 Å². The zero-order valence-corrected chi connectivity index (χ0v) is 18.3. The predicted molar refractivity (Wildman–Crippen MR) is 113 cm³/mol. The minimum absolute atomic E-state index is 0.000896. The summed E-state index contributed by atoms with van der Waals surface area (Å²) >= 11 is 0.